The fourth-order valence-electron chi connectivity index (χ4n) is 2.12. The van der Waals surface area contributed by atoms with Crippen LogP contribution in [0.25, 0.3) is 0 Å². The maximum Gasteiger partial charge on any atom is 0.241 e. The Hall–Kier alpha value is -2.03. The van der Waals surface area contributed by atoms with Crippen molar-refractivity contribution in [3.63, 3.8) is 0 Å². The zero-order valence-corrected chi connectivity index (χ0v) is 9.96. The molecule has 1 heterocycles. The molecule has 1 aromatic rings. The van der Waals surface area contributed by atoms with E-state index in [1.807, 2.05) is 18.2 Å². The maximum absolute atomic E-state index is 11.2. The molecule has 18 heavy (non-hydrogen) atoms. The van der Waals surface area contributed by atoms with E-state index in [4.69, 9.17) is 9.47 Å². The smallest absolute Gasteiger partial charge is 0.241 e. The van der Waals surface area contributed by atoms with Gasteiger partial charge in [0.15, 0.2) is 17.3 Å². The first-order valence-electron chi connectivity index (χ1n) is 6.13. The highest BCUT2D eigenvalue weighted by Crippen LogP contribution is 2.31. The lowest BCUT2D eigenvalue weighted by molar-refractivity contribution is -0.114. The Bertz CT molecular complexity index is 514. The minimum Gasteiger partial charge on any atom is -0.451 e. The second-order valence-corrected chi connectivity index (χ2v) is 4.44. The van der Waals surface area contributed by atoms with Crippen molar-refractivity contribution in [2.75, 3.05) is 0 Å². The summed E-state index contributed by atoms with van der Waals surface area (Å²) in [5.74, 6) is 1.37. The predicted molar refractivity (Wildman–Crippen MR) is 66.5 cm³/mol. The Morgan fingerprint density at radius 1 is 1.11 bits per heavy atom. The van der Waals surface area contributed by atoms with E-state index in [0.717, 1.165) is 12.8 Å². The van der Waals surface area contributed by atoms with Gasteiger partial charge in [-0.1, -0.05) is 30.3 Å². The topological polar surface area (TPSA) is 35.5 Å². The van der Waals surface area contributed by atoms with E-state index < -0.39 is 0 Å². The van der Waals surface area contributed by atoms with E-state index in [9.17, 15) is 4.79 Å². The van der Waals surface area contributed by atoms with Gasteiger partial charge in [-0.3, -0.25) is 4.79 Å². The Morgan fingerprint density at radius 3 is 2.72 bits per heavy atom. The van der Waals surface area contributed by atoms with Gasteiger partial charge >= 0.3 is 0 Å². The fourth-order valence-corrected chi connectivity index (χ4v) is 2.12. The van der Waals surface area contributed by atoms with E-state index >= 15 is 0 Å². The van der Waals surface area contributed by atoms with Crippen molar-refractivity contribution in [1.82, 2.24) is 0 Å². The van der Waals surface area contributed by atoms with Gasteiger partial charge in [0.2, 0.25) is 6.29 Å². The average Bonchev–Trinajstić information content (AvgIpc) is 2.79. The van der Waals surface area contributed by atoms with Gasteiger partial charge in [0.25, 0.3) is 0 Å². The third-order valence-electron chi connectivity index (χ3n) is 3.05. The summed E-state index contributed by atoms with van der Waals surface area (Å²) in [7, 11) is 0. The standard InChI is InChI=1S/C15H14O3/c16-12-7-8-13-14(10-12)18-15(17-13)9-6-11-4-2-1-3-5-11/h1-5,8,10,15H,6-7,9H2. The number of fused-ring (bicyclic) bond motifs is 1. The van der Waals surface area contributed by atoms with Gasteiger partial charge in [-0.05, 0) is 18.1 Å². The summed E-state index contributed by atoms with van der Waals surface area (Å²) in [5.41, 5.74) is 1.26. The van der Waals surface area contributed by atoms with Crippen LogP contribution < -0.4 is 0 Å². The summed E-state index contributed by atoms with van der Waals surface area (Å²) in [4.78, 5) is 11.2. The number of hydrogen-bond acceptors (Lipinski definition) is 3. The van der Waals surface area contributed by atoms with Gasteiger partial charge in [0, 0.05) is 18.9 Å². The quantitative estimate of drug-likeness (QED) is 0.817. The van der Waals surface area contributed by atoms with Crippen LogP contribution in [-0.4, -0.2) is 12.1 Å². The monoisotopic (exact) mass is 242 g/mol. The molecule has 3 heteroatoms. The molecule has 0 spiro atoms. The highest BCUT2D eigenvalue weighted by molar-refractivity contribution is 5.93. The van der Waals surface area contributed by atoms with Crippen LogP contribution in [0, 0.1) is 0 Å². The molecule has 1 aromatic carbocycles. The van der Waals surface area contributed by atoms with Crippen LogP contribution in [0.2, 0.25) is 0 Å². The third kappa shape index (κ3) is 2.30. The fraction of sp³-hybridized carbons (Fsp3) is 0.267. The van der Waals surface area contributed by atoms with Crippen LogP contribution in [0.4, 0.5) is 0 Å². The lowest BCUT2D eigenvalue weighted by Gasteiger charge is -2.08. The van der Waals surface area contributed by atoms with Crippen molar-refractivity contribution in [1.29, 1.82) is 0 Å². The SMILES string of the molecule is O=C1C=C2OC(CCc3ccccc3)OC2=CC1. The molecule has 1 fully saturated rings. The molecule has 0 amide bonds. The van der Waals surface area contributed by atoms with Crippen molar-refractivity contribution in [2.24, 2.45) is 0 Å². The number of benzene rings is 1. The summed E-state index contributed by atoms with van der Waals surface area (Å²) in [6.45, 7) is 0. The first-order valence-corrected chi connectivity index (χ1v) is 6.13. The molecule has 0 aromatic heterocycles. The summed E-state index contributed by atoms with van der Waals surface area (Å²) in [5, 5.41) is 0. The Kier molecular flexibility index (Phi) is 2.89. The molecule has 92 valence electrons. The van der Waals surface area contributed by atoms with E-state index in [1.165, 1.54) is 11.6 Å². The van der Waals surface area contributed by atoms with Gasteiger partial charge in [0.1, 0.15) is 0 Å². The molecule has 1 saturated heterocycles. The zero-order chi connectivity index (χ0) is 12.4. The minimum absolute atomic E-state index is 0.0704. The Morgan fingerprint density at radius 2 is 1.89 bits per heavy atom. The Labute approximate surface area is 106 Å². The van der Waals surface area contributed by atoms with Gasteiger partial charge < -0.3 is 9.47 Å². The van der Waals surface area contributed by atoms with Crippen molar-refractivity contribution in [3.8, 4) is 0 Å². The molecule has 3 nitrogen and oxygen atoms in total. The summed E-state index contributed by atoms with van der Waals surface area (Å²) >= 11 is 0. The number of ketones is 1. The van der Waals surface area contributed by atoms with Crippen molar-refractivity contribution in [3.05, 3.63) is 59.6 Å². The number of allylic oxidation sites excluding steroid dienone is 2. The van der Waals surface area contributed by atoms with Gasteiger partial charge in [-0.15, -0.1) is 0 Å². The number of carbonyl (C=O) groups excluding carboxylic acids is 1. The largest absolute Gasteiger partial charge is 0.451 e. The second kappa shape index (κ2) is 4.69. The summed E-state index contributed by atoms with van der Waals surface area (Å²) in [6, 6.07) is 10.2. The number of ether oxygens (including phenoxy) is 2. The molecule has 2 aliphatic rings. The molecule has 1 aliphatic carbocycles. The normalized spacial score (nSPS) is 21.6. The van der Waals surface area contributed by atoms with Gasteiger partial charge in [-0.2, -0.15) is 0 Å². The number of hydrogen-bond donors (Lipinski definition) is 0. The highest BCUT2D eigenvalue weighted by Gasteiger charge is 2.29. The molecule has 1 aliphatic heterocycles. The van der Waals surface area contributed by atoms with Crippen molar-refractivity contribution < 1.29 is 14.3 Å². The first-order chi connectivity index (χ1) is 8.81. The second-order valence-electron chi connectivity index (χ2n) is 4.44. The first kappa shape index (κ1) is 11.1. The highest BCUT2D eigenvalue weighted by atomic mass is 16.7. The van der Waals surface area contributed by atoms with Crippen LogP contribution in [0.5, 0.6) is 0 Å². The van der Waals surface area contributed by atoms with Gasteiger partial charge in [-0.25, -0.2) is 0 Å². The van der Waals surface area contributed by atoms with Gasteiger partial charge in [0.05, 0.1) is 0 Å². The molecule has 0 saturated carbocycles. The van der Waals surface area contributed by atoms with E-state index in [-0.39, 0.29) is 12.1 Å². The van der Waals surface area contributed by atoms with E-state index in [1.54, 1.807) is 6.08 Å². The van der Waals surface area contributed by atoms with E-state index in [0.29, 0.717) is 17.9 Å². The van der Waals surface area contributed by atoms with Crippen molar-refractivity contribution in [2.45, 2.75) is 25.6 Å². The van der Waals surface area contributed by atoms with Crippen LogP contribution in [-0.2, 0) is 20.7 Å². The minimum atomic E-state index is -0.270. The molecule has 3 rings (SSSR count). The summed E-state index contributed by atoms with van der Waals surface area (Å²) in [6.07, 6.45) is 5.15. The third-order valence-corrected chi connectivity index (χ3v) is 3.05. The van der Waals surface area contributed by atoms with Crippen LogP contribution in [0.3, 0.4) is 0 Å². The van der Waals surface area contributed by atoms with Crippen molar-refractivity contribution >= 4 is 5.78 Å². The Balaban J connectivity index is 1.60. The average molecular weight is 242 g/mol. The predicted octanol–water partition coefficient (Wildman–Crippen LogP) is 2.73. The number of rotatable bonds is 3. The van der Waals surface area contributed by atoms with Crippen LogP contribution in [0.1, 0.15) is 18.4 Å². The molecule has 0 bridgehead atoms. The molecule has 1 unspecified atom stereocenters. The zero-order valence-electron chi connectivity index (χ0n) is 9.96. The lowest BCUT2D eigenvalue weighted by atomic mass is 10.1. The molecular weight excluding hydrogens is 228 g/mol. The van der Waals surface area contributed by atoms with Crippen LogP contribution in [0.15, 0.2) is 54.0 Å². The number of carbonyl (C=O) groups is 1. The molecule has 1 atom stereocenters. The maximum atomic E-state index is 11.2. The summed E-state index contributed by atoms with van der Waals surface area (Å²) < 4.78 is 11.3. The lowest BCUT2D eigenvalue weighted by Crippen LogP contribution is -2.08. The number of aryl methyl sites for hydroxylation is 1. The van der Waals surface area contributed by atoms with Crippen LogP contribution >= 0.6 is 0 Å². The molecule has 0 radical (unpaired) electrons. The molecular formula is C15H14O3. The van der Waals surface area contributed by atoms with E-state index in [2.05, 4.69) is 12.1 Å². The molecule has 0 N–H and O–H groups in total.